The van der Waals surface area contributed by atoms with Crippen molar-refractivity contribution in [2.45, 2.75) is 50.0 Å². The predicted octanol–water partition coefficient (Wildman–Crippen LogP) is 6.03. The van der Waals surface area contributed by atoms with Crippen molar-refractivity contribution in [3.8, 4) is 0 Å². The molecule has 2 nitrogen and oxygen atoms in total. The minimum Gasteiger partial charge on any atom is -0.371 e. The Kier molecular flexibility index (Phi) is 4.88. The third kappa shape index (κ3) is 3.34. The molecule has 0 spiro atoms. The molecular formula is C25H26ClNO. The molecule has 28 heavy (non-hydrogen) atoms. The van der Waals surface area contributed by atoms with E-state index in [0.29, 0.717) is 24.6 Å². The van der Waals surface area contributed by atoms with Crippen LogP contribution in [0.1, 0.15) is 36.3 Å². The maximum atomic E-state index is 6.64. The fourth-order valence-corrected chi connectivity index (χ4v) is 5.33. The van der Waals surface area contributed by atoms with Crippen LogP contribution in [0.5, 0.6) is 0 Å². The summed E-state index contributed by atoms with van der Waals surface area (Å²) >= 11 is 6.13. The third-order valence-electron chi connectivity index (χ3n) is 6.75. The number of ether oxygens (including phenoxy) is 1. The van der Waals surface area contributed by atoms with Crippen molar-refractivity contribution in [2.75, 3.05) is 7.05 Å². The molecule has 3 heteroatoms. The SMILES string of the molecule is CN1C2CCC1C(OCc1ccc3ccccc3c1)C(c1ccc(Cl)cc1)C2. The van der Waals surface area contributed by atoms with Crippen molar-refractivity contribution in [1.29, 1.82) is 0 Å². The highest BCUT2D eigenvalue weighted by atomic mass is 35.5. The van der Waals surface area contributed by atoms with Crippen LogP contribution in [0.25, 0.3) is 10.8 Å². The molecule has 2 saturated heterocycles. The van der Waals surface area contributed by atoms with Crippen LogP contribution in [0, 0.1) is 0 Å². The summed E-state index contributed by atoms with van der Waals surface area (Å²) in [5.41, 5.74) is 2.61. The summed E-state index contributed by atoms with van der Waals surface area (Å²) in [5.74, 6) is 0.437. The standard InChI is InChI=1S/C25H26ClNO/c1-27-22-12-13-24(27)25(23(15-22)19-8-10-21(26)11-9-19)28-16-17-6-7-18-4-2-3-5-20(18)14-17/h2-11,14,22-25H,12-13,15-16H2,1H3. The van der Waals surface area contributed by atoms with Crippen LogP contribution < -0.4 is 0 Å². The van der Waals surface area contributed by atoms with E-state index in [4.69, 9.17) is 16.3 Å². The average molecular weight is 392 g/mol. The lowest BCUT2D eigenvalue weighted by molar-refractivity contribution is -0.0532. The second-order valence-corrected chi connectivity index (χ2v) is 8.75. The van der Waals surface area contributed by atoms with Crippen molar-refractivity contribution in [3.05, 3.63) is 82.9 Å². The van der Waals surface area contributed by atoms with E-state index in [0.717, 1.165) is 11.4 Å². The smallest absolute Gasteiger partial charge is 0.0803 e. The second kappa shape index (κ2) is 7.51. The topological polar surface area (TPSA) is 12.5 Å². The molecule has 0 aromatic heterocycles. The van der Waals surface area contributed by atoms with E-state index in [1.165, 1.54) is 34.7 Å². The summed E-state index contributed by atoms with van der Waals surface area (Å²) in [4.78, 5) is 2.55. The average Bonchev–Trinajstić information content (AvgIpc) is 2.96. The molecule has 0 saturated carbocycles. The van der Waals surface area contributed by atoms with Crippen molar-refractivity contribution < 1.29 is 4.74 Å². The van der Waals surface area contributed by atoms with Crippen molar-refractivity contribution in [1.82, 2.24) is 4.90 Å². The molecular weight excluding hydrogens is 366 g/mol. The Morgan fingerprint density at radius 3 is 2.57 bits per heavy atom. The highest BCUT2D eigenvalue weighted by molar-refractivity contribution is 6.30. The fourth-order valence-electron chi connectivity index (χ4n) is 5.20. The largest absolute Gasteiger partial charge is 0.371 e. The number of fused-ring (bicyclic) bond motifs is 3. The van der Waals surface area contributed by atoms with E-state index in [1.54, 1.807) is 0 Å². The molecule has 2 fully saturated rings. The summed E-state index contributed by atoms with van der Waals surface area (Å²) in [6.07, 6.45) is 3.89. The van der Waals surface area contributed by atoms with Crippen LogP contribution in [0.2, 0.25) is 5.02 Å². The van der Waals surface area contributed by atoms with Gasteiger partial charge in [0.15, 0.2) is 0 Å². The summed E-state index contributed by atoms with van der Waals surface area (Å²) in [6, 6.07) is 24.7. The van der Waals surface area contributed by atoms with Gasteiger partial charge in [-0.25, -0.2) is 0 Å². The van der Waals surface area contributed by atoms with Gasteiger partial charge >= 0.3 is 0 Å². The summed E-state index contributed by atoms with van der Waals surface area (Å²) in [5, 5.41) is 3.36. The van der Waals surface area contributed by atoms with Crippen LogP contribution in [-0.2, 0) is 11.3 Å². The van der Waals surface area contributed by atoms with Crippen molar-refractivity contribution in [3.63, 3.8) is 0 Å². The number of halogens is 1. The van der Waals surface area contributed by atoms with Crippen molar-refractivity contribution >= 4 is 22.4 Å². The quantitative estimate of drug-likeness (QED) is 0.538. The van der Waals surface area contributed by atoms with Crippen LogP contribution in [-0.4, -0.2) is 30.1 Å². The zero-order chi connectivity index (χ0) is 19.1. The summed E-state index contributed by atoms with van der Waals surface area (Å²) in [7, 11) is 2.27. The Morgan fingerprint density at radius 1 is 0.964 bits per heavy atom. The van der Waals surface area contributed by atoms with Gasteiger partial charge in [0.1, 0.15) is 0 Å². The van der Waals surface area contributed by atoms with E-state index >= 15 is 0 Å². The number of hydrogen-bond donors (Lipinski definition) is 0. The minimum atomic E-state index is 0.219. The molecule has 2 bridgehead atoms. The molecule has 0 N–H and O–H groups in total. The third-order valence-corrected chi connectivity index (χ3v) is 7.00. The van der Waals surface area contributed by atoms with Gasteiger partial charge < -0.3 is 4.74 Å². The van der Waals surface area contributed by atoms with Gasteiger partial charge in [0.2, 0.25) is 0 Å². The number of likely N-dealkylation sites (N-methyl/N-ethyl adjacent to an activating group) is 1. The van der Waals surface area contributed by atoms with Crippen LogP contribution in [0.15, 0.2) is 66.7 Å². The summed E-state index contributed by atoms with van der Waals surface area (Å²) in [6.45, 7) is 0.661. The number of rotatable bonds is 4. The Labute approximate surface area is 172 Å². The predicted molar refractivity (Wildman–Crippen MR) is 116 cm³/mol. The van der Waals surface area contributed by atoms with Gasteiger partial charge in [0.05, 0.1) is 12.7 Å². The van der Waals surface area contributed by atoms with E-state index in [9.17, 15) is 0 Å². The van der Waals surface area contributed by atoms with Gasteiger partial charge in [0, 0.05) is 23.0 Å². The molecule has 0 amide bonds. The van der Waals surface area contributed by atoms with Gasteiger partial charge in [-0.15, -0.1) is 0 Å². The van der Waals surface area contributed by atoms with Crippen LogP contribution in [0.3, 0.4) is 0 Å². The highest BCUT2D eigenvalue weighted by Crippen LogP contribution is 2.44. The molecule has 3 aromatic rings. The van der Waals surface area contributed by atoms with Crippen LogP contribution >= 0.6 is 11.6 Å². The maximum absolute atomic E-state index is 6.64. The monoisotopic (exact) mass is 391 g/mol. The fraction of sp³-hybridized carbons (Fsp3) is 0.360. The zero-order valence-electron chi connectivity index (χ0n) is 16.2. The van der Waals surface area contributed by atoms with E-state index in [1.807, 2.05) is 12.1 Å². The molecule has 0 aliphatic carbocycles. The Balaban J connectivity index is 1.40. The first kappa shape index (κ1) is 18.2. The number of benzene rings is 3. The molecule has 3 aromatic carbocycles. The first-order chi connectivity index (χ1) is 13.7. The summed E-state index contributed by atoms with van der Waals surface area (Å²) < 4.78 is 6.64. The molecule has 2 heterocycles. The lowest BCUT2D eigenvalue weighted by Gasteiger charge is -2.43. The van der Waals surface area contributed by atoms with Gasteiger partial charge in [-0.2, -0.15) is 0 Å². The Morgan fingerprint density at radius 2 is 1.75 bits per heavy atom. The maximum Gasteiger partial charge on any atom is 0.0803 e. The van der Waals surface area contributed by atoms with Gasteiger partial charge in [-0.1, -0.05) is 60.1 Å². The molecule has 2 aliphatic heterocycles. The lowest BCUT2D eigenvalue weighted by atomic mass is 9.82. The first-order valence-corrected chi connectivity index (χ1v) is 10.6. The molecule has 144 valence electrons. The Hall–Kier alpha value is -1.87. The molecule has 4 unspecified atom stereocenters. The molecule has 2 aliphatic rings. The first-order valence-electron chi connectivity index (χ1n) is 10.3. The van der Waals surface area contributed by atoms with E-state index in [2.05, 4.69) is 66.5 Å². The van der Waals surface area contributed by atoms with Crippen LogP contribution in [0.4, 0.5) is 0 Å². The van der Waals surface area contributed by atoms with E-state index < -0.39 is 0 Å². The van der Waals surface area contributed by atoms with Gasteiger partial charge in [0.25, 0.3) is 0 Å². The number of hydrogen-bond acceptors (Lipinski definition) is 2. The molecule has 0 radical (unpaired) electrons. The second-order valence-electron chi connectivity index (χ2n) is 8.31. The van der Waals surface area contributed by atoms with Gasteiger partial charge in [-0.05, 0) is 66.4 Å². The minimum absolute atomic E-state index is 0.219. The molecule has 5 rings (SSSR count). The number of piperidine rings is 1. The Bertz CT molecular complexity index is 970. The highest BCUT2D eigenvalue weighted by Gasteiger charge is 2.46. The normalized spacial score (nSPS) is 27.4. The van der Waals surface area contributed by atoms with Gasteiger partial charge in [-0.3, -0.25) is 4.90 Å². The van der Waals surface area contributed by atoms with E-state index in [-0.39, 0.29) is 6.10 Å². The number of nitrogens with zero attached hydrogens (tertiary/aromatic N) is 1. The molecule has 4 atom stereocenters. The lowest BCUT2D eigenvalue weighted by Crippen LogP contribution is -2.50. The van der Waals surface area contributed by atoms with Crippen molar-refractivity contribution in [2.24, 2.45) is 0 Å². The zero-order valence-corrected chi connectivity index (χ0v) is 17.0.